The fourth-order valence-electron chi connectivity index (χ4n) is 1.57. The van der Waals surface area contributed by atoms with Crippen molar-refractivity contribution in [1.82, 2.24) is 5.32 Å². The molecule has 1 aliphatic heterocycles. The van der Waals surface area contributed by atoms with Gasteiger partial charge in [0.05, 0.1) is 4.91 Å². The number of hydrogen-bond acceptors (Lipinski definition) is 4. The number of thioether (sulfide) groups is 1. The van der Waals surface area contributed by atoms with E-state index >= 15 is 0 Å². The van der Waals surface area contributed by atoms with Crippen molar-refractivity contribution in [3.8, 4) is 0 Å². The molecule has 0 aromatic heterocycles. The Balaban J connectivity index is 2.05. The molecule has 3 nitrogen and oxygen atoms in total. The lowest BCUT2D eigenvalue weighted by Crippen LogP contribution is -2.17. The molecule has 5 heteroatoms. The van der Waals surface area contributed by atoms with Crippen LogP contribution in [0.25, 0.3) is 6.08 Å². The van der Waals surface area contributed by atoms with Crippen LogP contribution >= 0.6 is 24.0 Å². The van der Waals surface area contributed by atoms with Crippen molar-refractivity contribution in [1.29, 1.82) is 0 Å². The van der Waals surface area contributed by atoms with Gasteiger partial charge in [-0.25, -0.2) is 0 Å². The lowest BCUT2D eigenvalue weighted by molar-refractivity contribution is -0.115. The number of amides is 1. The number of allylic oxidation sites excluding steroid dienone is 2. The molecule has 1 aromatic rings. The first-order valence-electron chi connectivity index (χ1n) is 5.75. The Morgan fingerprint density at radius 2 is 1.95 bits per heavy atom. The van der Waals surface area contributed by atoms with Gasteiger partial charge in [-0.2, -0.15) is 0 Å². The van der Waals surface area contributed by atoms with Gasteiger partial charge in [0.2, 0.25) is 0 Å². The fourth-order valence-corrected chi connectivity index (χ4v) is 2.56. The third-order valence-electron chi connectivity index (χ3n) is 2.59. The summed E-state index contributed by atoms with van der Waals surface area (Å²) in [4.78, 5) is 14.1. The minimum atomic E-state index is -0.123. The summed E-state index contributed by atoms with van der Waals surface area (Å²) in [6.45, 7) is 0. The largest absolute Gasteiger partial charge is 0.378 e. The van der Waals surface area contributed by atoms with E-state index in [9.17, 15) is 4.79 Å². The number of carbonyl (C=O) groups excluding carboxylic acids is 1. The minimum Gasteiger partial charge on any atom is -0.378 e. The Morgan fingerprint density at radius 1 is 1.26 bits per heavy atom. The van der Waals surface area contributed by atoms with Crippen molar-refractivity contribution in [3.63, 3.8) is 0 Å². The zero-order valence-corrected chi connectivity index (χ0v) is 12.3. The van der Waals surface area contributed by atoms with Gasteiger partial charge in [0, 0.05) is 19.8 Å². The van der Waals surface area contributed by atoms with E-state index in [1.807, 2.05) is 38.4 Å². The number of rotatable bonds is 3. The molecular formula is C14H14N2OS2. The quantitative estimate of drug-likeness (QED) is 0.685. The maximum Gasteiger partial charge on any atom is 0.263 e. The SMILES string of the molecule is CN(C)c1ccc(C=CC=C2SC(=S)NC2=O)cc1. The summed E-state index contributed by atoms with van der Waals surface area (Å²) in [5.74, 6) is -0.123. The standard InChI is InChI=1S/C14H14N2OS2/c1-16(2)11-8-6-10(7-9-11)4-3-5-12-13(17)15-14(18)19-12/h3-9H,1-2H3,(H,15,17,18). The minimum absolute atomic E-state index is 0.123. The van der Waals surface area contributed by atoms with Gasteiger partial charge < -0.3 is 10.2 Å². The molecule has 1 aliphatic rings. The van der Waals surface area contributed by atoms with Crippen LogP contribution in [0.5, 0.6) is 0 Å². The molecule has 0 aliphatic carbocycles. The first kappa shape index (κ1) is 13.8. The van der Waals surface area contributed by atoms with E-state index in [4.69, 9.17) is 12.2 Å². The highest BCUT2D eigenvalue weighted by Gasteiger charge is 2.20. The predicted molar refractivity (Wildman–Crippen MR) is 86.2 cm³/mol. The number of nitrogens with zero attached hydrogens (tertiary/aromatic N) is 1. The molecule has 1 heterocycles. The molecule has 1 fully saturated rings. The van der Waals surface area contributed by atoms with Crippen LogP contribution in [0.1, 0.15) is 5.56 Å². The Hall–Kier alpha value is -1.59. The highest BCUT2D eigenvalue weighted by Crippen LogP contribution is 2.23. The van der Waals surface area contributed by atoms with Crippen LogP contribution < -0.4 is 10.2 Å². The molecule has 2 rings (SSSR count). The lowest BCUT2D eigenvalue weighted by Gasteiger charge is -2.11. The summed E-state index contributed by atoms with van der Waals surface area (Å²) in [6.07, 6.45) is 5.60. The number of nitrogens with one attached hydrogen (secondary N) is 1. The molecule has 98 valence electrons. The maximum atomic E-state index is 11.4. The molecule has 0 bridgehead atoms. The van der Waals surface area contributed by atoms with Crippen molar-refractivity contribution in [3.05, 3.63) is 46.9 Å². The highest BCUT2D eigenvalue weighted by atomic mass is 32.2. The smallest absolute Gasteiger partial charge is 0.263 e. The van der Waals surface area contributed by atoms with E-state index in [0.29, 0.717) is 9.23 Å². The number of benzene rings is 1. The monoisotopic (exact) mass is 290 g/mol. The van der Waals surface area contributed by atoms with E-state index in [1.165, 1.54) is 11.8 Å². The summed E-state index contributed by atoms with van der Waals surface area (Å²) in [5, 5.41) is 2.58. The molecule has 1 aromatic carbocycles. The first-order chi connectivity index (χ1) is 9.06. The molecular weight excluding hydrogens is 276 g/mol. The van der Waals surface area contributed by atoms with Crippen LogP contribution in [0.3, 0.4) is 0 Å². The molecule has 0 saturated carbocycles. The van der Waals surface area contributed by atoms with Gasteiger partial charge in [-0.15, -0.1) is 0 Å². The Kier molecular flexibility index (Phi) is 4.39. The molecule has 1 saturated heterocycles. The Morgan fingerprint density at radius 3 is 2.47 bits per heavy atom. The van der Waals surface area contributed by atoms with Crippen molar-refractivity contribution in [2.45, 2.75) is 0 Å². The second kappa shape index (κ2) is 6.04. The first-order valence-corrected chi connectivity index (χ1v) is 6.97. The summed E-state index contributed by atoms with van der Waals surface area (Å²) in [6, 6.07) is 8.19. The number of thiocarbonyl (C=S) groups is 1. The zero-order chi connectivity index (χ0) is 13.8. The Labute approximate surface area is 122 Å². The van der Waals surface area contributed by atoms with Gasteiger partial charge in [-0.05, 0) is 23.8 Å². The topological polar surface area (TPSA) is 32.3 Å². The van der Waals surface area contributed by atoms with E-state index in [-0.39, 0.29) is 5.91 Å². The van der Waals surface area contributed by atoms with Gasteiger partial charge in [0.15, 0.2) is 0 Å². The predicted octanol–water partition coefficient (Wildman–Crippen LogP) is 2.80. The van der Waals surface area contributed by atoms with Crippen molar-refractivity contribution < 1.29 is 4.79 Å². The van der Waals surface area contributed by atoms with Crippen LogP contribution in [0, 0.1) is 0 Å². The number of hydrogen-bond donors (Lipinski definition) is 1. The summed E-state index contributed by atoms with van der Waals surface area (Å²) in [5.41, 5.74) is 2.25. The van der Waals surface area contributed by atoms with Gasteiger partial charge in [0.25, 0.3) is 5.91 Å². The number of anilines is 1. The third kappa shape index (κ3) is 3.68. The lowest BCUT2D eigenvalue weighted by atomic mass is 10.2. The van der Waals surface area contributed by atoms with Crippen LogP contribution in [0.4, 0.5) is 5.69 Å². The molecule has 0 unspecified atom stereocenters. The summed E-state index contributed by atoms with van der Waals surface area (Å²) < 4.78 is 0.514. The summed E-state index contributed by atoms with van der Waals surface area (Å²) in [7, 11) is 4.02. The fraction of sp³-hybridized carbons (Fsp3) is 0.143. The van der Waals surface area contributed by atoms with Crippen molar-refractivity contribution >= 4 is 46.0 Å². The van der Waals surface area contributed by atoms with Gasteiger partial charge in [-0.1, -0.05) is 48.3 Å². The van der Waals surface area contributed by atoms with Crippen molar-refractivity contribution in [2.24, 2.45) is 0 Å². The van der Waals surface area contributed by atoms with Crippen molar-refractivity contribution in [2.75, 3.05) is 19.0 Å². The molecule has 1 N–H and O–H groups in total. The van der Waals surface area contributed by atoms with Crippen LogP contribution in [0.15, 0.2) is 41.3 Å². The van der Waals surface area contributed by atoms with Gasteiger partial charge in [0.1, 0.15) is 4.32 Å². The van der Waals surface area contributed by atoms with E-state index < -0.39 is 0 Å². The summed E-state index contributed by atoms with van der Waals surface area (Å²) >= 11 is 6.21. The average molecular weight is 290 g/mol. The Bertz CT molecular complexity index is 559. The number of carbonyl (C=O) groups is 1. The van der Waals surface area contributed by atoms with E-state index in [0.717, 1.165) is 11.3 Å². The third-order valence-corrected chi connectivity index (χ3v) is 3.77. The van der Waals surface area contributed by atoms with Crippen LogP contribution in [-0.2, 0) is 4.79 Å². The molecule has 1 amide bonds. The molecule has 0 radical (unpaired) electrons. The van der Waals surface area contributed by atoms with Gasteiger partial charge >= 0.3 is 0 Å². The van der Waals surface area contributed by atoms with E-state index in [2.05, 4.69) is 22.3 Å². The molecule has 19 heavy (non-hydrogen) atoms. The molecule has 0 atom stereocenters. The average Bonchev–Trinajstić information content (AvgIpc) is 2.68. The highest BCUT2D eigenvalue weighted by molar-refractivity contribution is 8.26. The second-order valence-corrected chi connectivity index (χ2v) is 5.94. The van der Waals surface area contributed by atoms with Gasteiger partial charge in [-0.3, -0.25) is 4.79 Å². The maximum absolute atomic E-state index is 11.4. The normalized spacial score (nSPS) is 17.3. The van der Waals surface area contributed by atoms with Crippen LogP contribution in [0.2, 0.25) is 0 Å². The second-order valence-electron chi connectivity index (χ2n) is 4.22. The molecule has 0 spiro atoms. The van der Waals surface area contributed by atoms with E-state index in [1.54, 1.807) is 6.08 Å². The van der Waals surface area contributed by atoms with Crippen LogP contribution in [-0.4, -0.2) is 24.3 Å². The zero-order valence-electron chi connectivity index (χ0n) is 10.7.